The van der Waals surface area contributed by atoms with Crippen LogP contribution in [0.25, 0.3) is 0 Å². The molecule has 0 aliphatic heterocycles. The van der Waals surface area contributed by atoms with Crippen LogP contribution in [0.3, 0.4) is 0 Å². The molecule has 10 atom stereocenters. The van der Waals surface area contributed by atoms with Gasteiger partial charge in [0, 0.05) is 49.6 Å². The van der Waals surface area contributed by atoms with Crippen LogP contribution in [-0.4, -0.2) is 165 Å². The van der Waals surface area contributed by atoms with Crippen molar-refractivity contribution in [3.63, 3.8) is 0 Å². The highest BCUT2D eigenvalue weighted by Crippen LogP contribution is 2.60. The van der Waals surface area contributed by atoms with Gasteiger partial charge in [-0.1, -0.05) is 84.6 Å². The average Bonchev–Trinajstić information content (AvgIpc) is 0.806. The summed E-state index contributed by atoms with van der Waals surface area (Å²) in [6.45, 7) is 15.7. The van der Waals surface area contributed by atoms with E-state index in [0.717, 1.165) is 99.6 Å². The molecular formula is C76H117N11O16S. The number of anilines is 2. The van der Waals surface area contributed by atoms with Crippen LogP contribution in [0.2, 0.25) is 0 Å². The largest absolute Gasteiger partial charge is 0.399 e. The number of nitrogens with zero attached hydrogens (tertiary/aromatic N) is 3. The number of nitrogen functional groups attached to an aromatic ring is 1. The van der Waals surface area contributed by atoms with Gasteiger partial charge < -0.3 is 62.2 Å². The van der Waals surface area contributed by atoms with E-state index in [1.54, 1.807) is 0 Å². The second-order valence-corrected chi connectivity index (χ2v) is 32.3. The molecule has 1 unspecified atom stereocenters. The molecule has 1 aromatic heterocycles. The maximum Gasteiger partial charge on any atom is 0.312 e. The molecular weight excluding hydrogens is 1350 g/mol. The highest BCUT2D eigenvalue weighted by molar-refractivity contribution is 7.85. The fourth-order valence-corrected chi connectivity index (χ4v) is 17.7. The number of aromatic nitrogens is 3. The number of unbranched alkanes of at least 4 members (excludes halogenated alkanes) is 1. The number of benzene rings is 2. The monoisotopic (exact) mass is 1470 g/mol. The van der Waals surface area contributed by atoms with E-state index in [9.17, 15) is 46.8 Å². The summed E-state index contributed by atoms with van der Waals surface area (Å²) in [5, 5.41) is 23.4. The summed E-state index contributed by atoms with van der Waals surface area (Å²) in [7, 11) is -4.07. The number of nitrogens with two attached hydrogens (primary N) is 3. The molecule has 2 fully saturated rings. The van der Waals surface area contributed by atoms with E-state index in [0.29, 0.717) is 109 Å². The fraction of sp³-hybridized carbons (Fsp3) is 0.711. The number of carbonyl (C=O) groups is 8. The number of ketones is 2. The number of Topliss-reactive ketones (excluding diaryl/α,β-unsaturated/α-hetero) is 2. The van der Waals surface area contributed by atoms with E-state index in [1.807, 2.05) is 49.7 Å². The number of imide groups is 1. The van der Waals surface area contributed by atoms with Crippen LogP contribution in [0.4, 0.5) is 16.2 Å². The second-order valence-electron chi connectivity index (χ2n) is 30.8. The van der Waals surface area contributed by atoms with Crippen LogP contribution in [0, 0.1) is 34.5 Å². The molecule has 8 rings (SSSR count). The quantitative estimate of drug-likeness (QED) is 0.0115. The molecule has 5 aliphatic rings. The van der Waals surface area contributed by atoms with E-state index >= 15 is 0 Å². The summed E-state index contributed by atoms with van der Waals surface area (Å²) in [5.74, 6) is -3.80. The summed E-state index contributed by atoms with van der Waals surface area (Å²) in [6, 6.07) is 9.47. The lowest BCUT2D eigenvalue weighted by Gasteiger charge is -2.56. The minimum absolute atomic E-state index is 0.0425. The fourth-order valence-electron chi connectivity index (χ4n) is 17.2. The van der Waals surface area contributed by atoms with Gasteiger partial charge in [-0.3, -0.25) is 43.4 Å². The Morgan fingerprint density at radius 2 is 1.28 bits per heavy atom. The molecule has 2 saturated carbocycles. The van der Waals surface area contributed by atoms with Crippen molar-refractivity contribution in [1.29, 1.82) is 0 Å². The van der Waals surface area contributed by atoms with Crippen LogP contribution < -0.4 is 43.8 Å². The van der Waals surface area contributed by atoms with Crippen molar-refractivity contribution in [3.8, 4) is 0 Å². The van der Waals surface area contributed by atoms with Gasteiger partial charge in [-0.15, -0.1) is 5.10 Å². The Morgan fingerprint density at radius 1 is 0.673 bits per heavy atom. The SMILES string of the molecule is CC(C)[C@H](NC(=O)[C@H](N)CCCCNC(=O)COC1CCCCCc2c1nnn2CCOCCOCCOCCOCCC(=O)CCCS(=O)(=O)O)C(=O)C[C@@H](CCCNC(N)=O)C(=O)Nc1ccc2c(c1)[C@@]1(C)CCC[C@](C)(C(=O)NC(=O)[C@@]3(C)CCC[C@]4(C)c5cc(N)ccc5CC[C@@H]34)[C@@H]1CC2. The summed E-state index contributed by atoms with van der Waals surface area (Å²) < 4.78 is 60.6. The number of hydrogen-bond acceptors (Lipinski definition) is 19. The highest BCUT2D eigenvalue weighted by Gasteiger charge is 2.59. The van der Waals surface area contributed by atoms with Crippen molar-refractivity contribution < 1.29 is 75.0 Å². The Kier molecular flexibility index (Phi) is 30.8. The molecule has 5 aliphatic carbocycles. The van der Waals surface area contributed by atoms with E-state index in [4.69, 9.17) is 45.4 Å². The van der Waals surface area contributed by atoms with Gasteiger partial charge in [0.25, 0.3) is 10.1 Å². The minimum Gasteiger partial charge on any atom is -0.399 e. The molecule has 3 aromatic rings. The van der Waals surface area contributed by atoms with Crippen LogP contribution in [0.5, 0.6) is 0 Å². The molecule has 2 aromatic carbocycles. The molecule has 104 heavy (non-hydrogen) atoms. The molecule has 27 nitrogen and oxygen atoms in total. The lowest BCUT2D eigenvalue weighted by Crippen LogP contribution is -2.60. The first-order valence-electron chi connectivity index (χ1n) is 38.0. The zero-order valence-electron chi connectivity index (χ0n) is 62.2. The number of fused-ring (bicyclic) bond motifs is 7. The van der Waals surface area contributed by atoms with E-state index in [1.165, 1.54) is 11.1 Å². The minimum atomic E-state index is -4.07. The van der Waals surface area contributed by atoms with Crippen LogP contribution >= 0.6 is 0 Å². The zero-order valence-corrected chi connectivity index (χ0v) is 63.0. The summed E-state index contributed by atoms with van der Waals surface area (Å²) >= 11 is 0. The molecule has 0 spiro atoms. The molecule has 7 amide bonds. The Balaban J connectivity index is 0.753. The molecule has 0 radical (unpaired) electrons. The van der Waals surface area contributed by atoms with Gasteiger partial charge in [0.2, 0.25) is 29.5 Å². The lowest BCUT2D eigenvalue weighted by molar-refractivity contribution is -0.150. The van der Waals surface area contributed by atoms with Crippen LogP contribution in [0.1, 0.15) is 216 Å². The number of primary amides is 1. The average molecular weight is 1470 g/mol. The van der Waals surface area contributed by atoms with Crippen molar-refractivity contribution in [1.82, 2.24) is 36.3 Å². The highest BCUT2D eigenvalue weighted by atomic mass is 32.2. The van der Waals surface area contributed by atoms with Crippen molar-refractivity contribution in [2.45, 2.75) is 231 Å². The zero-order chi connectivity index (χ0) is 75.2. The lowest BCUT2D eigenvalue weighted by atomic mass is 9.49. The van der Waals surface area contributed by atoms with Gasteiger partial charge in [0.05, 0.1) is 93.8 Å². The van der Waals surface area contributed by atoms with Crippen LogP contribution in [0.15, 0.2) is 36.4 Å². The third kappa shape index (κ3) is 22.4. The summed E-state index contributed by atoms with van der Waals surface area (Å²) in [4.78, 5) is 109. The van der Waals surface area contributed by atoms with Gasteiger partial charge in [-0.05, 0) is 184 Å². The van der Waals surface area contributed by atoms with Gasteiger partial charge in [-0.2, -0.15) is 8.42 Å². The van der Waals surface area contributed by atoms with Crippen molar-refractivity contribution in [2.75, 3.05) is 89.4 Å². The molecule has 0 bridgehead atoms. The third-order valence-electron chi connectivity index (χ3n) is 22.9. The normalized spacial score (nSPS) is 23.8. The molecule has 0 saturated heterocycles. The topological polar surface area (TPSA) is 406 Å². The van der Waals surface area contributed by atoms with E-state index in [2.05, 4.69) is 69.8 Å². The first-order chi connectivity index (χ1) is 49.6. The first-order valence-corrected chi connectivity index (χ1v) is 39.6. The number of rotatable bonds is 41. The number of ether oxygens (including phenoxy) is 5. The Bertz CT molecular complexity index is 3550. The molecule has 12 N–H and O–H groups in total. The Morgan fingerprint density at radius 3 is 1.90 bits per heavy atom. The first kappa shape index (κ1) is 82.9. The van der Waals surface area contributed by atoms with Crippen molar-refractivity contribution >= 4 is 68.6 Å². The van der Waals surface area contributed by atoms with Gasteiger partial charge in [0.1, 0.15) is 24.2 Å². The van der Waals surface area contributed by atoms with Crippen molar-refractivity contribution in [3.05, 3.63) is 70.0 Å². The number of amides is 7. The molecule has 28 heteroatoms. The number of hydrogen-bond donors (Lipinski definition) is 9. The van der Waals surface area contributed by atoms with Crippen molar-refractivity contribution in [2.24, 2.45) is 46.0 Å². The number of aryl methyl sites for hydroxylation is 2. The maximum absolute atomic E-state index is 14.9. The maximum atomic E-state index is 14.9. The standard InChI is InChI=1S/C76H117N11O16S/c1-50(2)66(83-69(92)59(78)18-10-11-34-80-65(90)49-103-62-20-9-7-8-19-60-67(62)85-86-87(60)36-38-100-40-42-102-44-43-101-41-39-99-37-29-56(88)17-13-45-104(96,97)98)61(89)46-53(16-12-35-81-72(79)95)68(91)82-55-26-22-52-24-28-64-74(4,58(52)48-55)31-15-33-76(64,6)71(94)84-70(93)75(5)32-14-30-73(3)57-47-54(77)25-21-51(57)23-27-63(73)75/h21-22,25-26,47-48,50,53,59,62-64,66H,7-20,23-24,27-46,49,77-78H2,1-6H3,(H,80,90)(H,82,91)(H,83,92)(H3,79,81,95)(H,84,93,94)(H,96,97,98)/t53-,59-,62?,63-,64-,66+,73-,74-,75+,76+/m1/s1. The van der Waals surface area contributed by atoms with Gasteiger partial charge in [0.15, 0.2) is 5.78 Å². The summed E-state index contributed by atoms with van der Waals surface area (Å²) in [5.41, 5.74) is 23.5. The Hall–Kier alpha value is -6.79. The predicted molar refractivity (Wildman–Crippen MR) is 392 cm³/mol. The third-order valence-corrected chi connectivity index (χ3v) is 23.8. The number of carbonyl (C=O) groups excluding carboxylic acids is 8. The van der Waals surface area contributed by atoms with E-state index < -0.39 is 74.1 Å². The Labute approximate surface area is 613 Å². The number of urea groups is 1. The van der Waals surface area contributed by atoms with Crippen LogP contribution in [-0.2, 0) is 104 Å². The smallest absolute Gasteiger partial charge is 0.312 e. The van der Waals surface area contributed by atoms with Gasteiger partial charge in [-0.25, -0.2) is 9.48 Å². The number of nitrogens with one attached hydrogen (secondary N) is 5. The second kappa shape index (κ2) is 38.7. The van der Waals surface area contributed by atoms with Gasteiger partial charge >= 0.3 is 6.03 Å². The predicted octanol–water partition coefficient (Wildman–Crippen LogP) is 7.51. The molecule has 578 valence electrons. The summed E-state index contributed by atoms with van der Waals surface area (Å²) in [6.07, 6.45) is 13.8. The van der Waals surface area contributed by atoms with E-state index in [-0.39, 0.29) is 111 Å². The molecule has 1 heterocycles.